The van der Waals surface area contributed by atoms with Gasteiger partial charge in [0.05, 0.1) is 16.8 Å². The molecular weight excluding hydrogens is 322 g/mol. The molecule has 0 N–H and O–H groups in total. The van der Waals surface area contributed by atoms with Crippen molar-refractivity contribution < 1.29 is 8.42 Å². The molecule has 0 amide bonds. The van der Waals surface area contributed by atoms with Crippen LogP contribution in [0.5, 0.6) is 0 Å². The van der Waals surface area contributed by atoms with E-state index in [-0.39, 0.29) is 11.9 Å². The monoisotopic (exact) mass is 335 g/mol. The van der Waals surface area contributed by atoms with Gasteiger partial charge < -0.3 is 0 Å². The molecule has 0 spiro atoms. The van der Waals surface area contributed by atoms with Crippen molar-refractivity contribution in [1.29, 1.82) is 0 Å². The summed E-state index contributed by atoms with van der Waals surface area (Å²) >= 11 is 8.71. The molecule has 0 fully saturated rings. The lowest BCUT2D eigenvalue weighted by atomic mass is 10.3. The fourth-order valence-corrected chi connectivity index (χ4v) is 5.63. The van der Waals surface area contributed by atoms with Gasteiger partial charge in [-0.3, -0.25) is 0 Å². The lowest BCUT2D eigenvalue weighted by molar-refractivity contribution is 0.403. The molecule has 0 saturated carbocycles. The summed E-state index contributed by atoms with van der Waals surface area (Å²) in [5.74, 6) is 0.216. The van der Waals surface area contributed by atoms with Gasteiger partial charge in [-0.15, -0.1) is 34.3 Å². The number of alkyl halides is 1. The highest BCUT2D eigenvalue weighted by molar-refractivity contribution is 7.89. The minimum absolute atomic E-state index is 0.187. The van der Waals surface area contributed by atoms with E-state index in [1.807, 2.05) is 24.4 Å². The van der Waals surface area contributed by atoms with Crippen molar-refractivity contribution in [1.82, 2.24) is 4.31 Å². The van der Waals surface area contributed by atoms with Gasteiger partial charge in [-0.25, -0.2) is 8.42 Å². The van der Waals surface area contributed by atoms with Crippen LogP contribution in [0.2, 0.25) is 0 Å². The molecule has 0 aliphatic heterocycles. The Hall–Kier alpha value is -0.400. The molecule has 2 rings (SSSR count). The fraction of sp³-hybridized carbons (Fsp3) is 0.333. The fourth-order valence-electron chi connectivity index (χ4n) is 1.73. The van der Waals surface area contributed by atoms with Gasteiger partial charge in [0.15, 0.2) is 0 Å². The van der Waals surface area contributed by atoms with Crippen molar-refractivity contribution in [2.45, 2.75) is 23.7 Å². The first kappa shape index (κ1) is 15.0. The van der Waals surface area contributed by atoms with Crippen LogP contribution in [0.25, 0.3) is 0 Å². The van der Waals surface area contributed by atoms with Crippen LogP contribution in [0.4, 0.5) is 0 Å². The third kappa shape index (κ3) is 2.87. The van der Waals surface area contributed by atoms with E-state index in [1.54, 1.807) is 29.8 Å². The van der Waals surface area contributed by atoms with Crippen LogP contribution in [0.1, 0.15) is 22.7 Å². The van der Waals surface area contributed by atoms with Crippen molar-refractivity contribution in [3.05, 3.63) is 38.7 Å². The van der Waals surface area contributed by atoms with E-state index in [0.717, 1.165) is 4.88 Å². The third-order valence-corrected chi connectivity index (χ3v) is 7.51. The number of hydrogen-bond donors (Lipinski definition) is 0. The summed E-state index contributed by atoms with van der Waals surface area (Å²) in [6.07, 6.45) is 0. The van der Waals surface area contributed by atoms with E-state index in [1.165, 1.54) is 15.6 Å². The van der Waals surface area contributed by atoms with E-state index >= 15 is 0 Å². The SMILES string of the molecule is CC(c1cccs1)N(C)S(=O)(=O)c1ccsc1CCl. The Morgan fingerprint density at radius 2 is 2.05 bits per heavy atom. The molecule has 1 atom stereocenters. The van der Waals surface area contributed by atoms with E-state index in [9.17, 15) is 8.42 Å². The molecule has 3 nitrogen and oxygen atoms in total. The highest BCUT2D eigenvalue weighted by atomic mass is 35.5. The lowest BCUT2D eigenvalue weighted by Crippen LogP contribution is -2.29. The molecule has 2 heterocycles. The molecule has 0 aliphatic carbocycles. The Kier molecular flexibility index (Phi) is 4.68. The second-order valence-corrected chi connectivity index (χ2v) is 8.27. The number of hydrogen-bond acceptors (Lipinski definition) is 4. The quantitative estimate of drug-likeness (QED) is 0.776. The lowest BCUT2D eigenvalue weighted by Gasteiger charge is -2.23. The van der Waals surface area contributed by atoms with Crippen LogP contribution in [-0.4, -0.2) is 19.8 Å². The van der Waals surface area contributed by atoms with Crippen molar-refractivity contribution in [2.24, 2.45) is 0 Å². The van der Waals surface area contributed by atoms with Crippen LogP contribution in [0.3, 0.4) is 0 Å². The first-order valence-corrected chi connectivity index (χ1v) is 9.35. The summed E-state index contributed by atoms with van der Waals surface area (Å²) < 4.78 is 26.6. The second kappa shape index (κ2) is 5.93. The van der Waals surface area contributed by atoms with Crippen LogP contribution in [-0.2, 0) is 15.9 Å². The minimum Gasteiger partial charge on any atom is -0.207 e. The Balaban J connectivity index is 2.35. The average molecular weight is 336 g/mol. The Morgan fingerprint density at radius 3 is 2.63 bits per heavy atom. The summed E-state index contributed by atoms with van der Waals surface area (Å²) in [5.41, 5.74) is 0. The number of nitrogens with zero attached hydrogens (tertiary/aromatic N) is 1. The first-order chi connectivity index (χ1) is 8.98. The molecule has 19 heavy (non-hydrogen) atoms. The van der Waals surface area contributed by atoms with Crippen molar-refractivity contribution in [3.8, 4) is 0 Å². The molecule has 2 aromatic heterocycles. The van der Waals surface area contributed by atoms with E-state index < -0.39 is 10.0 Å². The number of halogens is 1. The first-order valence-electron chi connectivity index (χ1n) is 5.62. The third-order valence-electron chi connectivity index (χ3n) is 2.98. The van der Waals surface area contributed by atoms with Gasteiger partial charge in [0.1, 0.15) is 0 Å². The Morgan fingerprint density at radius 1 is 1.32 bits per heavy atom. The Bertz CT molecular complexity index is 634. The molecule has 1 unspecified atom stereocenters. The minimum atomic E-state index is -3.50. The van der Waals surface area contributed by atoms with Gasteiger partial charge in [0.25, 0.3) is 0 Å². The summed E-state index contributed by atoms with van der Waals surface area (Å²) in [4.78, 5) is 2.03. The molecule has 0 aliphatic rings. The number of thiophene rings is 2. The zero-order valence-electron chi connectivity index (χ0n) is 10.5. The van der Waals surface area contributed by atoms with Crippen LogP contribution in [0.15, 0.2) is 33.9 Å². The van der Waals surface area contributed by atoms with Gasteiger partial charge in [-0.05, 0) is 29.8 Å². The Labute approximate surface area is 126 Å². The maximum atomic E-state index is 12.6. The molecule has 0 bridgehead atoms. The van der Waals surface area contributed by atoms with Crippen molar-refractivity contribution >= 4 is 44.3 Å². The summed E-state index contributed by atoms with van der Waals surface area (Å²) in [5, 5.41) is 3.70. The number of sulfonamides is 1. The molecule has 104 valence electrons. The highest BCUT2D eigenvalue weighted by Crippen LogP contribution is 2.32. The zero-order valence-corrected chi connectivity index (χ0v) is 13.7. The molecular formula is C12H14ClNO2S3. The molecule has 2 aromatic rings. The topological polar surface area (TPSA) is 37.4 Å². The molecule has 0 saturated heterocycles. The largest absolute Gasteiger partial charge is 0.244 e. The van der Waals surface area contributed by atoms with Crippen molar-refractivity contribution in [2.75, 3.05) is 7.05 Å². The molecule has 7 heteroatoms. The predicted molar refractivity (Wildman–Crippen MR) is 81.6 cm³/mol. The smallest absolute Gasteiger partial charge is 0.207 e. The zero-order chi connectivity index (χ0) is 14.0. The van der Waals surface area contributed by atoms with E-state index in [4.69, 9.17) is 11.6 Å². The summed E-state index contributed by atoms with van der Waals surface area (Å²) in [6, 6.07) is 5.30. The number of rotatable bonds is 5. The van der Waals surface area contributed by atoms with Gasteiger partial charge >= 0.3 is 0 Å². The van der Waals surface area contributed by atoms with Gasteiger partial charge in [0, 0.05) is 16.8 Å². The molecule has 0 radical (unpaired) electrons. The summed E-state index contributed by atoms with van der Waals surface area (Å²) in [6.45, 7) is 1.89. The van der Waals surface area contributed by atoms with Crippen LogP contribution >= 0.6 is 34.3 Å². The van der Waals surface area contributed by atoms with Crippen LogP contribution in [0, 0.1) is 0 Å². The van der Waals surface area contributed by atoms with Gasteiger partial charge in [-0.2, -0.15) is 4.31 Å². The van der Waals surface area contributed by atoms with Crippen molar-refractivity contribution in [3.63, 3.8) is 0 Å². The van der Waals surface area contributed by atoms with E-state index in [2.05, 4.69) is 0 Å². The average Bonchev–Trinajstić information content (AvgIpc) is 3.06. The van der Waals surface area contributed by atoms with E-state index in [0.29, 0.717) is 9.77 Å². The predicted octanol–water partition coefficient (Wildman–Crippen LogP) is 3.93. The maximum Gasteiger partial charge on any atom is 0.244 e. The summed E-state index contributed by atoms with van der Waals surface area (Å²) in [7, 11) is -1.89. The van der Waals surface area contributed by atoms with Gasteiger partial charge in [0.2, 0.25) is 10.0 Å². The van der Waals surface area contributed by atoms with Crippen LogP contribution < -0.4 is 0 Å². The maximum absolute atomic E-state index is 12.6. The molecule has 0 aromatic carbocycles. The standard InChI is InChI=1S/C12H14ClNO2S3/c1-9(10-4-3-6-17-10)14(2)19(15,16)12-5-7-18-11(12)8-13/h3-7,9H,8H2,1-2H3. The van der Waals surface area contributed by atoms with Gasteiger partial charge in [-0.1, -0.05) is 6.07 Å². The highest BCUT2D eigenvalue weighted by Gasteiger charge is 2.29. The second-order valence-electron chi connectivity index (χ2n) is 4.05. The normalized spacial score (nSPS) is 13.9.